The molecular weight excluding hydrogens is 454 g/mol. The highest BCUT2D eigenvalue weighted by molar-refractivity contribution is 7.89. The SMILES string of the molecule is CCC(C(=O)Oc1ccc(S(=O)(=O)N(C)N2CCOCC2)cc1)c1ccc(N2CCCC2)cc1. The monoisotopic (exact) mass is 487 g/mol. The molecule has 0 amide bonds. The quantitative estimate of drug-likeness (QED) is 0.418. The lowest BCUT2D eigenvalue weighted by molar-refractivity contribution is -0.136. The van der Waals surface area contributed by atoms with E-state index in [0.29, 0.717) is 38.5 Å². The minimum absolute atomic E-state index is 0.144. The van der Waals surface area contributed by atoms with Crippen LogP contribution in [0, 0.1) is 0 Å². The van der Waals surface area contributed by atoms with Crippen LogP contribution in [0.25, 0.3) is 0 Å². The molecule has 2 heterocycles. The van der Waals surface area contributed by atoms with Crippen LogP contribution in [0.2, 0.25) is 0 Å². The average Bonchev–Trinajstić information content (AvgIpc) is 3.40. The van der Waals surface area contributed by atoms with Gasteiger partial charge in [-0.2, -0.15) is 0 Å². The minimum atomic E-state index is -3.70. The van der Waals surface area contributed by atoms with E-state index in [9.17, 15) is 13.2 Å². The minimum Gasteiger partial charge on any atom is -0.426 e. The summed E-state index contributed by atoms with van der Waals surface area (Å²) in [6.45, 7) is 6.13. The van der Waals surface area contributed by atoms with Gasteiger partial charge in [0.1, 0.15) is 5.75 Å². The smallest absolute Gasteiger partial charge is 0.318 e. The van der Waals surface area contributed by atoms with Gasteiger partial charge in [-0.25, -0.2) is 13.4 Å². The van der Waals surface area contributed by atoms with Crippen LogP contribution in [0.1, 0.15) is 37.7 Å². The summed E-state index contributed by atoms with van der Waals surface area (Å²) in [4.78, 5) is 15.4. The molecule has 9 heteroatoms. The molecule has 2 aliphatic rings. The van der Waals surface area contributed by atoms with E-state index >= 15 is 0 Å². The van der Waals surface area contributed by atoms with Gasteiger partial charge >= 0.3 is 5.97 Å². The lowest BCUT2D eigenvalue weighted by Gasteiger charge is -2.33. The molecular formula is C25H33N3O5S. The molecule has 34 heavy (non-hydrogen) atoms. The zero-order chi connectivity index (χ0) is 24.1. The Bertz CT molecular complexity index is 1060. The number of anilines is 1. The van der Waals surface area contributed by atoms with Gasteiger partial charge in [0.05, 0.1) is 24.0 Å². The first-order chi connectivity index (χ1) is 16.4. The highest BCUT2D eigenvalue weighted by Crippen LogP contribution is 2.27. The lowest BCUT2D eigenvalue weighted by atomic mass is 9.96. The van der Waals surface area contributed by atoms with Crippen molar-refractivity contribution in [3.05, 3.63) is 54.1 Å². The van der Waals surface area contributed by atoms with Gasteiger partial charge < -0.3 is 14.4 Å². The van der Waals surface area contributed by atoms with Crippen LogP contribution in [0.15, 0.2) is 53.4 Å². The summed E-state index contributed by atoms with van der Waals surface area (Å²) in [5.74, 6) is -0.411. The van der Waals surface area contributed by atoms with Gasteiger partial charge in [-0.15, -0.1) is 4.41 Å². The van der Waals surface area contributed by atoms with E-state index in [1.165, 1.54) is 54.3 Å². The Morgan fingerprint density at radius 2 is 1.62 bits per heavy atom. The number of hydrogen-bond acceptors (Lipinski definition) is 7. The molecule has 2 aliphatic heterocycles. The van der Waals surface area contributed by atoms with Crippen LogP contribution in [0.5, 0.6) is 5.75 Å². The first-order valence-corrected chi connectivity index (χ1v) is 13.3. The van der Waals surface area contributed by atoms with Crippen molar-refractivity contribution in [2.24, 2.45) is 0 Å². The van der Waals surface area contributed by atoms with E-state index in [1.54, 1.807) is 5.01 Å². The number of hydrogen-bond donors (Lipinski definition) is 0. The van der Waals surface area contributed by atoms with Crippen LogP contribution in [0.3, 0.4) is 0 Å². The molecule has 2 aromatic rings. The molecule has 2 fully saturated rings. The van der Waals surface area contributed by atoms with Gasteiger partial charge in [0.2, 0.25) is 0 Å². The van der Waals surface area contributed by atoms with Crippen LogP contribution in [-0.4, -0.2) is 70.3 Å². The number of carbonyl (C=O) groups is 1. The number of esters is 1. The Morgan fingerprint density at radius 1 is 1.00 bits per heavy atom. The Morgan fingerprint density at radius 3 is 2.21 bits per heavy atom. The van der Waals surface area contributed by atoms with E-state index in [0.717, 1.165) is 18.7 Å². The Labute approximate surface area is 202 Å². The Hall–Kier alpha value is -2.46. The average molecular weight is 488 g/mol. The predicted molar refractivity (Wildman–Crippen MR) is 130 cm³/mol. The zero-order valence-corrected chi connectivity index (χ0v) is 20.7. The summed E-state index contributed by atoms with van der Waals surface area (Å²) in [6.07, 6.45) is 3.04. The van der Waals surface area contributed by atoms with Crippen LogP contribution >= 0.6 is 0 Å². The van der Waals surface area contributed by atoms with Crippen molar-refractivity contribution >= 4 is 21.7 Å². The summed E-state index contributed by atoms with van der Waals surface area (Å²) < 4.78 is 38.1. The molecule has 0 aromatic heterocycles. The number of carbonyl (C=O) groups excluding carboxylic acids is 1. The fourth-order valence-corrected chi connectivity index (χ4v) is 5.69. The van der Waals surface area contributed by atoms with Gasteiger partial charge in [0.15, 0.2) is 0 Å². The molecule has 184 valence electrons. The van der Waals surface area contributed by atoms with Gasteiger partial charge in [0.25, 0.3) is 10.0 Å². The Balaban J connectivity index is 1.41. The highest BCUT2D eigenvalue weighted by Gasteiger charge is 2.28. The second-order valence-corrected chi connectivity index (χ2v) is 10.6. The molecule has 0 bridgehead atoms. The van der Waals surface area contributed by atoms with Gasteiger partial charge in [0, 0.05) is 38.9 Å². The largest absolute Gasteiger partial charge is 0.426 e. The summed E-state index contributed by atoms with van der Waals surface area (Å²) in [5, 5.41) is 1.74. The molecule has 0 spiro atoms. The molecule has 8 nitrogen and oxygen atoms in total. The fraction of sp³-hybridized carbons (Fsp3) is 0.480. The summed E-state index contributed by atoms with van der Waals surface area (Å²) >= 11 is 0. The van der Waals surface area contributed by atoms with E-state index in [-0.39, 0.29) is 16.8 Å². The molecule has 0 N–H and O–H groups in total. The number of nitrogens with zero attached hydrogens (tertiary/aromatic N) is 3. The molecule has 0 saturated carbocycles. The molecule has 1 unspecified atom stereocenters. The summed E-state index contributed by atoms with van der Waals surface area (Å²) in [7, 11) is -2.16. The number of sulfonamides is 1. The number of hydrazine groups is 1. The third-order valence-electron chi connectivity index (χ3n) is 6.53. The molecule has 1 atom stereocenters. The Kier molecular flexibility index (Phi) is 7.88. The third kappa shape index (κ3) is 5.43. The second-order valence-electron chi connectivity index (χ2n) is 8.64. The van der Waals surface area contributed by atoms with Crippen molar-refractivity contribution in [2.75, 3.05) is 51.3 Å². The van der Waals surface area contributed by atoms with Crippen molar-refractivity contribution in [1.82, 2.24) is 9.42 Å². The zero-order valence-electron chi connectivity index (χ0n) is 19.9. The van der Waals surface area contributed by atoms with Gasteiger partial charge in [-0.3, -0.25) is 4.79 Å². The maximum absolute atomic E-state index is 13.0. The van der Waals surface area contributed by atoms with E-state index < -0.39 is 10.0 Å². The van der Waals surface area contributed by atoms with Crippen LogP contribution in [-0.2, 0) is 19.6 Å². The van der Waals surface area contributed by atoms with Gasteiger partial charge in [-0.05, 0) is 61.2 Å². The third-order valence-corrected chi connectivity index (χ3v) is 8.33. The van der Waals surface area contributed by atoms with Crippen molar-refractivity contribution in [3.63, 3.8) is 0 Å². The molecule has 0 aliphatic carbocycles. The number of ether oxygens (including phenoxy) is 2. The normalized spacial score (nSPS) is 18.3. The highest BCUT2D eigenvalue weighted by atomic mass is 32.2. The molecule has 0 radical (unpaired) electrons. The number of rotatable bonds is 8. The van der Waals surface area contributed by atoms with Gasteiger partial charge in [-0.1, -0.05) is 19.1 Å². The molecule has 2 saturated heterocycles. The van der Waals surface area contributed by atoms with E-state index in [2.05, 4.69) is 17.0 Å². The standard InChI is InChI=1S/C25H33N3O5S/c1-3-24(20-6-8-21(9-7-20)27-14-4-5-15-27)25(29)33-22-10-12-23(13-11-22)34(30,31)26(2)28-16-18-32-19-17-28/h6-13,24H,3-5,14-19H2,1-2H3. The maximum atomic E-state index is 13.0. The number of morpholine rings is 1. The number of benzene rings is 2. The van der Waals surface area contributed by atoms with Crippen molar-refractivity contribution in [2.45, 2.75) is 37.0 Å². The van der Waals surface area contributed by atoms with E-state index in [4.69, 9.17) is 9.47 Å². The van der Waals surface area contributed by atoms with Crippen LogP contribution in [0.4, 0.5) is 5.69 Å². The first kappa shape index (κ1) is 24.7. The summed E-state index contributed by atoms with van der Waals surface area (Å²) in [6, 6.07) is 14.1. The fourth-order valence-electron chi connectivity index (χ4n) is 4.44. The van der Waals surface area contributed by atoms with Crippen molar-refractivity contribution < 1.29 is 22.7 Å². The summed E-state index contributed by atoms with van der Waals surface area (Å²) in [5.41, 5.74) is 2.10. The molecule has 4 rings (SSSR count). The van der Waals surface area contributed by atoms with Crippen molar-refractivity contribution in [3.8, 4) is 5.75 Å². The maximum Gasteiger partial charge on any atom is 0.318 e. The second kappa shape index (κ2) is 10.9. The van der Waals surface area contributed by atoms with Crippen molar-refractivity contribution in [1.29, 1.82) is 0 Å². The predicted octanol–water partition coefficient (Wildman–Crippen LogP) is 3.25. The van der Waals surface area contributed by atoms with Crippen LogP contribution < -0.4 is 9.64 Å². The van der Waals surface area contributed by atoms with E-state index in [1.807, 2.05) is 19.1 Å². The lowest BCUT2D eigenvalue weighted by Crippen LogP contribution is -2.49. The topological polar surface area (TPSA) is 79.4 Å². The molecule has 2 aromatic carbocycles. The first-order valence-electron chi connectivity index (χ1n) is 11.9.